The molecule has 12 amide bonds. The van der Waals surface area contributed by atoms with E-state index < -0.39 is 233 Å². The normalized spacial score (nSPS) is 26.1. The van der Waals surface area contributed by atoms with Gasteiger partial charge in [0, 0.05) is 87.9 Å². The van der Waals surface area contributed by atoms with E-state index in [0.717, 1.165) is 60.7 Å². The smallest absolute Gasteiger partial charge is 0.377 e. The second-order valence-corrected chi connectivity index (χ2v) is 32.6. The van der Waals surface area contributed by atoms with Gasteiger partial charge in [0.25, 0.3) is 0 Å². The van der Waals surface area contributed by atoms with Crippen LogP contribution >= 0.6 is 0 Å². The van der Waals surface area contributed by atoms with E-state index in [0.29, 0.717) is 37.8 Å². The Balaban J connectivity index is 1.38. The third kappa shape index (κ3) is 21.9. The molecule has 2 aromatic carbocycles. The predicted octanol–water partition coefficient (Wildman–Crippen LogP) is 6.91. The lowest BCUT2D eigenvalue weighted by Gasteiger charge is -2.54. The van der Waals surface area contributed by atoms with E-state index >= 15 is 42.3 Å². The molecular weight excluding hydrogens is 1460 g/mol. The van der Waals surface area contributed by atoms with Crippen LogP contribution < -0.4 is 16.0 Å². The number of ether oxygens (including phenoxy) is 1. The number of nitrogens with zero attached hydrogens (tertiary/aromatic N) is 9. The molecule has 111 heavy (non-hydrogen) atoms. The van der Waals surface area contributed by atoms with Gasteiger partial charge in [-0.15, -0.1) is 0 Å². The van der Waals surface area contributed by atoms with E-state index in [1.165, 1.54) is 57.0 Å². The summed E-state index contributed by atoms with van der Waals surface area (Å²) in [6, 6.07) is -7.94. The molecule has 33 heteroatoms. The van der Waals surface area contributed by atoms with Crippen molar-refractivity contribution in [3.05, 3.63) is 82.4 Å². The Hall–Kier alpha value is -8.78. The summed E-state index contributed by atoms with van der Waals surface area (Å²) in [5.74, 6) is -14.6. The quantitative estimate of drug-likeness (QED) is 0.128. The fraction of sp³-hybridized carbons (Fsp3) is 0.667. The second-order valence-electron chi connectivity index (χ2n) is 32.6. The first-order chi connectivity index (χ1) is 51.6. The molecule has 2 saturated carbocycles. The fourth-order valence-electron chi connectivity index (χ4n) is 15.5. The van der Waals surface area contributed by atoms with Crippen LogP contribution in [-0.4, -0.2) is 263 Å². The van der Waals surface area contributed by atoms with Crippen molar-refractivity contribution in [3.63, 3.8) is 0 Å². The van der Waals surface area contributed by atoms with Gasteiger partial charge in [-0.1, -0.05) is 92.5 Å². The predicted molar refractivity (Wildman–Crippen MR) is 392 cm³/mol. The molecule has 1 spiro atoms. The zero-order valence-electron chi connectivity index (χ0n) is 66.5. The molecular formula is C78H110F8N12O13. The average Bonchev–Trinajstić information content (AvgIpc) is 1.72. The van der Waals surface area contributed by atoms with E-state index in [1.807, 2.05) is 34.6 Å². The lowest BCUT2D eigenvalue weighted by molar-refractivity contribution is -0.160. The van der Waals surface area contributed by atoms with Crippen LogP contribution in [0.5, 0.6) is 0 Å². The first-order valence-electron chi connectivity index (χ1n) is 37.9. The molecule has 2 bridgehead atoms. The van der Waals surface area contributed by atoms with Crippen molar-refractivity contribution >= 4 is 70.9 Å². The minimum atomic E-state index is -5.47. The number of fused-ring (bicyclic) bond motifs is 3. The van der Waals surface area contributed by atoms with E-state index in [-0.39, 0.29) is 70.2 Å². The fourth-order valence-corrected chi connectivity index (χ4v) is 15.5. The van der Waals surface area contributed by atoms with Gasteiger partial charge in [-0.2, -0.15) is 26.3 Å². The molecule has 2 saturated heterocycles. The topological polar surface area (TPSA) is 279 Å². The van der Waals surface area contributed by atoms with Crippen molar-refractivity contribution in [2.75, 3.05) is 82.1 Å². The Bertz CT molecular complexity index is 3780. The molecule has 4 fully saturated rings. The molecule has 3 N–H and O–H groups in total. The largest absolute Gasteiger partial charge is 0.422 e. The number of aryl methyl sites for hydroxylation is 1. The van der Waals surface area contributed by atoms with Crippen LogP contribution in [-0.2, 0) is 87.5 Å². The van der Waals surface area contributed by atoms with Gasteiger partial charge in [0.15, 0.2) is 0 Å². The summed E-state index contributed by atoms with van der Waals surface area (Å²) < 4.78 is 120. The molecule has 0 unspecified atom stereocenters. The Labute approximate surface area is 644 Å². The zero-order chi connectivity index (χ0) is 83.1. The first kappa shape index (κ1) is 89.4. The number of alkyl halides is 6. The molecule has 10 atom stereocenters. The van der Waals surface area contributed by atoms with Gasteiger partial charge in [0.05, 0.1) is 24.6 Å². The van der Waals surface area contributed by atoms with Crippen LogP contribution in [0.4, 0.5) is 35.1 Å². The average molecular weight is 1580 g/mol. The SMILES string of the molecule is CCC[C@H]1C(=O)N[C@@H]([C@@H](C)CC)C(=O)N(C2CC2)CC(=O)N(C)[C@H]2C/C=C\CCN(C2=O)[C@@H](Cc2ccc(C(F)(F)F)cc2)C(=O)N(C)CC(=O)N[C@H](CCc2cc(F)c(C(F)(F)F)c(F)c2)C(=O)N2C[C@H](OCC)C[C@H]2C(=O)NC2(CC(C)(C)C2)C(=O)N(C)[C@@H](CC(C)(C)C)C(=O)N(C)[C@H](C(=O)N(C)C)CC(=O)N1C. The van der Waals surface area contributed by atoms with Crippen molar-refractivity contribution in [2.24, 2.45) is 16.7 Å². The molecule has 616 valence electrons. The van der Waals surface area contributed by atoms with Crippen molar-refractivity contribution in [2.45, 2.75) is 237 Å². The summed E-state index contributed by atoms with van der Waals surface area (Å²) in [4.78, 5) is 192. The second kappa shape index (κ2) is 36.4. The maximum atomic E-state index is 15.7. The highest BCUT2D eigenvalue weighted by Crippen LogP contribution is 2.50. The number of hydrogen-bond acceptors (Lipinski definition) is 13. The van der Waals surface area contributed by atoms with Crippen LogP contribution in [0, 0.1) is 28.4 Å². The molecule has 7 rings (SSSR count). The number of carbonyl (C=O) groups excluding carboxylic acids is 12. The molecule has 2 aliphatic carbocycles. The van der Waals surface area contributed by atoms with Gasteiger partial charge in [0.1, 0.15) is 77.6 Å². The number of amides is 12. The monoisotopic (exact) mass is 1570 g/mol. The number of nitrogens with one attached hydrogen (secondary N) is 3. The summed E-state index contributed by atoms with van der Waals surface area (Å²) in [6.07, 6.45) is -9.04. The molecule has 0 radical (unpaired) electrons. The molecule has 3 heterocycles. The number of benzene rings is 2. The molecule has 0 aromatic heterocycles. The third-order valence-electron chi connectivity index (χ3n) is 21.8. The summed E-state index contributed by atoms with van der Waals surface area (Å²) in [6.45, 7) is 13.9. The Morgan fingerprint density at radius 1 is 0.667 bits per heavy atom. The number of carbonyl (C=O) groups is 12. The Morgan fingerprint density at radius 3 is 1.83 bits per heavy atom. The minimum Gasteiger partial charge on any atom is -0.377 e. The van der Waals surface area contributed by atoms with E-state index in [4.69, 9.17) is 4.74 Å². The first-order valence-corrected chi connectivity index (χ1v) is 37.9. The van der Waals surface area contributed by atoms with Gasteiger partial charge >= 0.3 is 12.4 Å². The summed E-state index contributed by atoms with van der Waals surface area (Å²) in [5, 5.41) is 8.37. The molecule has 3 aliphatic heterocycles. The van der Waals surface area contributed by atoms with E-state index in [2.05, 4.69) is 16.0 Å². The van der Waals surface area contributed by atoms with Crippen molar-refractivity contribution in [1.82, 2.24) is 60.0 Å². The van der Waals surface area contributed by atoms with Crippen molar-refractivity contribution in [3.8, 4) is 0 Å². The van der Waals surface area contributed by atoms with Gasteiger partial charge < -0.3 is 64.8 Å². The Morgan fingerprint density at radius 2 is 1.29 bits per heavy atom. The minimum absolute atomic E-state index is 0.0342. The summed E-state index contributed by atoms with van der Waals surface area (Å²) in [5.41, 5.74) is -6.74. The standard InChI is InChI=1S/C78H110F8N12O13/c1-17-23-54-65(102)88-64(45(4)18-2)72(109)97(49-30-31-49)42-62(101)93(14)55-24-21-20-22-33-96(71(55)108)58(36-46-25-28-48(29-26-46)77(81,82)83)69(106)91(12)41-60(99)87-53(32-27-47-34-51(79)63(52(80)35-47)78(84,85)86)67(104)98-40-50(111-19-3)37-56(98)66(103)89-76(43-75(8,9)44-76)73(110)95(16)59(39-74(5,6)7)70(107)94(15)57(68(105)90(10)11)38-61(100)92(54)13/h20-21,25-26,28-29,34-35,45,49-50,53-59,64H,17-19,22-24,27,30-33,36-44H2,1-16H3,(H,87,99)(H,88,102)(H,89,103)/b21-20-/t45-,50+,53+,54-,55-,56-,57-,58-,59-,64-/m0/s1. The van der Waals surface area contributed by atoms with Crippen LogP contribution in [0.25, 0.3) is 0 Å². The summed E-state index contributed by atoms with van der Waals surface area (Å²) >= 11 is 0. The van der Waals surface area contributed by atoms with Crippen LogP contribution in [0.3, 0.4) is 0 Å². The highest BCUT2D eigenvalue weighted by molar-refractivity contribution is 6.01. The van der Waals surface area contributed by atoms with E-state index in [1.54, 1.807) is 39.8 Å². The van der Waals surface area contributed by atoms with Gasteiger partial charge in [-0.25, -0.2) is 8.78 Å². The lowest BCUT2D eigenvalue weighted by atomic mass is 9.58. The molecule has 2 aromatic rings. The number of rotatable bonds is 14. The lowest BCUT2D eigenvalue weighted by Crippen LogP contribution is -2.71. The van der Waals surface area contributed by atoms with Crippen LogP contribution in [0.15, 0.2) is 48.6 Å². The van der Waals surface area contributed by atoms with Crippen molar-refractivity contribution in [1.29, 1.82) is 0 Å². The van der Waals surface area contributed by atoms with Crippen LogP contribution in [0.1, 0.15) is 168 Å². The van der Waals surface area contributed by atoms with Gasteiger partial charge in [-0.05, 0) is 123 Å². The van der Waals surface area contributed by atoms with E-state index in [9.17, 15) is 50.3 Å². The maximum Gasteiger partial charge on any atom is 0.422 e. The van der Waals surface area contributed by atoms with Crippen molar-refractivity contribution < 1.29 is 97.4 Å². The van der Waals surface area contributed by atoms with Gasteiger partial charge in [-0.3, -0.25) is 57.5 Å². The highest BCUT2D eigenvalue weighted by atomic mass is 19.4. The van der Waals surface area contributed by atoms with Crippen LogP contribution in [0.2, 0.25) is 0 Å². The third-order valence-corrected chi connectivity index (χ3v) is 21.8. The summed E-state index contributed by atoms with van der Waals surface area (Å²) in [7, 11) is 9.33. The number of halogens is 8. The highest BCUT2D eigenvalue weighted by Gasteiger charge is 2.59. The Kier molecular flexibility index (Phi) is 29.3. The number of likely N-dealkylation sites (N-methyl/N-ethyl adjacent to an activating group) is 6. The van der Waals surface area contributed by atoms with Gasteiger partial charge in [0.2, 0.25) is 70.9 Å². The molecule has 5 aliphatic rings. The number of hydrogen-bond donors (Lipinski definition) is 3. The maximum absolute atomic E-state index is 15.7. The zero-order valence-corrected chi connectivity index (χ0v) is 66.5. The molecule has 25 nitrogen and oxygen atoms in total.